The number of carboxylic acids is 2. The third kappa shape index (κ3) is 4.34. The van der Waals surface area contributed by atoms with Crippen LogP contribution in [0.25, 0.3) is 0 Å². The first-order valence-corrected chi connectivity index (χ1v) is 8.81. The molecule has 0 saturated carbocycles. The Morgan fingerprint density at radius 3 is 2.54 bits per heavy atom. The first-order chi connectivity index (χ1) is 12.2. The van der Waals surface area contributed by atoms with Crippen LogP contribution >= 0.6 is 11.8 Å². The molecular formula is C15H18N2O8S. The van der Waals surface area contributed by atoms with Crippen molar-refractivity contribution in [3.63, 3.8) is 0 Å². The second kappa shape index (κ2) is 8.21. The number of β-lactam (4-membered cyclic amide) rings is 1. The van der Waals surface area contributed by atoms with Gasteiger partial charge in [-0.15, -0.1) is 11.8 Å². The predicted molar refractivity (Wildman–Crippen MR) is 87.8 cm³/mol. The molecule has 11 heteroatoms. The molecule has 2 amide bonds. The topological polar surface area (TPSA) is 150 Å². The van der Waals surface area contributed by atoms with Crippen molar-refractivity contribution < 1.29 is 38.9 Å². The molecule has 0 aliphatic carbocycles. The fraction of sp³-hybridized carbons (Fsp3) is 0.533. The van der Waals surface area contributed by atoms with Gasteiger partial charge in [0.2, 0.25) is 5.91 Å². The van der Waals surface area contributed by atoms with E-state index in [4.69, 9.17) is 9.84 Å². The molecule has 10 nitrogen and oxygen atoms in total. The van der Waals surface area contributed by atoms with Crippen LogP contribution in [0.15, 0.2) is 11.3 Å². The van der Waals surface area contributed by atoms with Gasteiger partial charge < -0.3 is 20.3 Å². The number of carboxylic acid groups (broad SMARTS) is 2. The van der Waals surface area contributed by atoms with Crippen molar-refractivity contribution in [2.24, 2.45) is 0 Å². The molecule has 1 saturated heterocycles. The lowest BCUT2D eigenvalue weighted by molar-refractivity contribution is -0.151. The Morgan fingerprint density at radius 1 is 1.27 bits per heavy atom. The summed E-state index contributed by atoms with van der Waals surface area (Å²) < 4.78 is 4.83. The van der Waals surface area contributed by atoms with Gasteiger partial charge in [0, 0.05) is 31.1 Å². The molecule has 2 rings (SSSR count). The van der Waals surface area contributed by atoms with Gasteiger partial charge in [0.05, 0.1) is 0 Å². The normalized spacial score (nSPS) is 21.6. The molecule has 2 atom stereocenters. The maximum Gasteiger partial charge on any atom is 0.352 e. The minimum absolute atomic E-state index is 0.0349. The number of fused-ring (bicyclic) bond motifs is 1. The van der Waals surface area contributed by atoms with Gasteiger partial charge >= 0.3 is 17.9 Å². The first-order valence-electron chi connectivity index (χ1n) is 7.77. The lowest BCUT2D eigenvalue weighted by Gasteiger charge is -2.49. The van der Waals surface area contributed by atoms with Crippen molar-refractivity contribution in [1.29, 1.82) is 0 Å². The summed E-state index contributed by atoms with van der Waals surface area (Å²) in [5.41, 5.74) is 0.0879. The fourth-order valence-corrected chi connectivity index (χ4v) is 3.96. The SMILES string of the molecule is CC(=O)OCC1=C(C(=O)O)N2C(=O)C(NC(=O)CCCC(=O)O)C2SC1. The Labute approximate surface area is 152 Å². The van der Waals surface area contributed by atoms with Gasteiger partial charge in [0.15, 0.2) is 0 Å². The number of nitrogens with one attached hydrogen (secondary N) is 1. The quantitative estimate of drug-likeness (QED) is 0.372. The number of rotatable bonds is 8. The molecule has 2 aliphatic heterocycles. The Hall–Kier alpha value is -2.56. The number of nitrogens with zero attached hydrogens (tertiary/aromatic N) is 1. The van der Waals surface area contributed by atoms with Gasteiger partial charge in [-0.05, 0) is 6.42 Å². The van der Waals surface area contributed by atoms with E-state index in [1.165, 1.54) is 18.7 Å². The summed E-state index contributed by atoms with van der Waals surface area (Å²) in [6.45, 7) is 0.983. The average Bonchev–Trinajstić information content (AvgIpc) is 2.56. The van der Waals surface area contributed by atoms with Crippen LogP contribution in [0.1, 0.15) is 26.2 Å². The maximum absolute atomic E-state index is 12.3. The molecule has 0 aromatic heterocycles. The molecule has 2 aliphatic rings. The summed E-state index contributed by atoms with van der Waals surface area (Å²) in [6, 6.07) is -0.859. The minimum atomic E-state index is -1.31. The summed E-state index contributed by atoms with van der Waals surface area (Å²) >= 11 is 1.26. The molecule has 0 aromatic carbocycles. The summed E-state index contributed by atoms with van der Waals surface area (Å²) in [7, 11) is 0. The van der Waals surface area contributed by atoms with E-state index in [-0.39, 0.29) is 37.3 Å². The van der Waals surface area contributed by atoms with E-state index in [1.807, 2.05) is 0 Å². The number of hydrogen-bond acceptors (Lipinski definition) is 7. The van der Waals surface area contributed by atoms with Crippen LogP contribution in [-0.2, 0) is 28.7 Å². The maximum atomic E-state index is 12.3. The van der Waals surface area contributed by atoms with E-state index < -0.39 is 41.1 Å². The zero-order chi connectivity index (χ0) is 19.4. The highest BCUT2D eigenvalue weighted by Gasteiger charge is 2.54. The largest absolute Gasteiger partial charge is 0.481 e. The summed E-state index contributed by atoms with van der Waals surface area (Å²) in [5.74, 6) is -3.66. The molecule has 0 radical (unpaired) electrons. The van der Waals surface area contributed by atoms with Crippen LogP contribution in [0.2, 0.25) is 0 Å². The standard InChI is InChI=1S/C15H18N2O8S/c1-7(18)25-5-8-6-26-14-11(13(22)17(14)12(8)15(23)24)16-9(19)3-2-4-10(20)21/h11,14H,2-6H2,1H3,(H,16,19)(H,20,21)(H,23,24). The fourth-order valence-electron chi connectivity index (χ4n) is 2.63. The third-order valence-corrected chi connectivity index (χ3v) is 5.15. The number of esters is 1. The molecule has 0 bridgehead atoms. The Bertz CT molecular complexity index is 689. The number of ether oxygens (including phenoxy) is 1. The van der Waals surface area contributed by atoms with E-state index in [0.29, 0.717) is 5.57 Å². The van der Waals surface area contributed by atoms with E-state index in [1.54, 1.807) is 0 Å². The van der Waals surface area contributed by atoms with Crippen molar-refractivity contribution in [2.75, 3.05) is 12.4 Å². The number of amides is 2. The summed E-state index contributed by atoms with van der Waals surface area (Å²) in [6.07, 6.45) is -0.0368. The van der Waals surface area contributed by atoms with Crippen molar-refractivity contribution in [2.45, 2.75) is 37.6 Å². The number of carbonyl (C=O) groups excluding carboxylic acids is 3. The monoisotopic (exact) mass is 386 g/mol. The van der Waals surface area contributed by atoms with E-state index in [0.717, 1.165) is 4.90 Å². The molecule has 142 valence electrons. The van der Waals surface area contributed by atoms with E-state index in [9.17, 15) is 29.1 Å². The van der Waals surface area contributed by atoms with Crippen LogP contribution in [0.4, 0.5) is 0 Å². The third-order valence-electron chi connectivity index (χ3n) is 3.81. The van der Waals surface area contributed by atoms with Gasteiger partial charge in [-0.25, -0.2) is 4.79 Å². The highest BCUT2D eigenvalue weighted by Crippen LogP contribution is 2.40. The molecule has 1 fully saturated rings. The van der Waals surface area contributed by atoms with Crippen LogP contribution in [0.3, 0.4) is 0 Å². The molecular weight excluding hydrogens is 368 g/mol. The average molecular weight is 386 g/mol. The lowest BCUT2D eigenvalue weighted by Crippen LogP contribution is -2.70. The van der Waals surface area contributed by atoms with E-state index in [2.05, 4.69) is 5.32 Å². The minimum Gasteiger partial charge on any atom is -0.481 e. The van der Waals surface area contributed by atoms with Crippen LogP contribution < -0.4 is 5.32 Å². The van der Waals surface area contributed by atoms with Crippen LogP contribution in [-0.4, -0.2) is 68.6 Å². The Balaban J connectivity index is 2.02. The van der Waals surface area contributed by atoms with Gasteiger partial charge in [-0.3, -0.25) is 24.1 Å². The first kappa shape index (κ1) is 19.8. The van der Waals surface area contributed by atoms with Crippen molar-refractivity contribution in [3.8, 4) is 0 Å². The molecule has 2 heterocycles. The number of hydrogen-bond donors (Lipinski definition) is 3. The molecule has 3 N–H and O–H groups in total. The van der Waals surface area contributed by atoms with E-state index >= 15 is 0 Å². The van der Waals surface area contributed by atoms with Gasteiger partial charge in [0.25, 0.3) is 5.91 Å². The van der Waals surface area contributed by atoms with Gasteiger partial charge in [-0.1, -0.05) is 0 Å². The predicted octanol–water partition coefficient (Wildman–Crippen LogP) is -0.457. The summed E-state index contributed by atoms with van der Waals surface area (Å²) in [5, 5.41) is 19.9. The molecule has 26 heavy (non-hydrogen) atoms. The second-order valence-electron chi connectivity index (χ2n) is 5.74. The van der Waals surface area contributed by atoms with Crippen molar-refractivity contribution >= 4 is 41.5 Å². The molecule has 2 unspecified atom stereocenters. The summed E-state index contributed by atoms with van der Waals surface area (Å²) in [4.78, 5) is 58.1. The number of carbonyl (C=O) groups is 5. The molecule has 0 spiro atoms. The lowest BCUT2D eigenvalue weighted by atomic mass is 10.0. The van der Waals surface area contributed by atoms with Gasteiger partial charge in [0.1, 0.15) is 23.7 Å². The molecule has 0 aromatic rings. The van der Waals surface area contributed by atoms with Crippen molar-refractivity contribution in [1.82, 2.24) is 10.2 Å². The second-order valence-corrected chi connectivity index (χ2v) is 6.84. The zero-order valence-electron chi connectivity index (χ0n) is 13.9. The van der Waals surface area contributed by atoms with Crippen LogP contribution in [0, 0.1) is 0 Å². The number of thioether (sulfide) groups is 1. The smallest absolute Gasteiger partial charge is 0.352 e. The van der Waals surface area contributed by atoms with Gasteiger partial charge in [-0.2, -0.15) is 0 Å². The zero-order valence-corrected chi connectivity index (χ0v) is 14.7. The highest BCUT2D eigenvalue weighted by molar-refractivity contribution is 8.00. The Kier molecular flexibility index (Phi) is 6.24. The Morgan fingerprint density at radius 2 is 1.96 bits per heavy atom. The number of aliphatic carboxylic acids is 2. The van der Waals surface area contributed by atoms with Crippen LogP contribution in [0.5, 0.6) is 0 Å². The highest BCUT2D eigenvalue weighted by atomic mass is 32.2. The van der Waals surface area contributed by atoms with Crippen molar-refractivity contribution in [3.05, 3.63) is 11.3 Å².